The zero-order chi connectivity index (χ0) is 9.14. The summed E-state index contributed by atoms with van der Waals surface area (Å²) in [6, 6.07) is 5.25. The highest BCUT2D eigenvalue weighted by Crippen LogP contribution is 2.18. The molecular weight excluding hydrogens is 268 g/mol. The summed E-state index contributed by atoms with van der Waals surface area (Å²) in [5.41, 5.74) is 6.44. The summed E-state index contributed by atoms with van der Waals surface area (Å²) in [5.74, 6) is 0.0740. The molecule has 2 N–H and O–H groups in total. The van der Waals surface area contributed by atoms with Gasteiger partial charge in [-0.05, 0) is 52.7 Å². The van der Waals surface area contributed by atoms with Gasteiger partial charge in [0.05, 0.1) is 0 Å². The van der Waals surface area contributed by atoms with Gasteiger partial charge in [0, 0.05) is 3.57 Å². The van der Waals surface area contributed by atoms with Crippen molar-refractivity contribution in [3.63, 3.8) is 0 Å². The molecule has 0 aromatic heterocycles. The number of halogens is 2. The second-order valence-corrected chi connectivity index (χ2v) is 3.97. The molecule has 1 atom stereocenters. The second-order valence-electron chi connectivity index (χ2n) is 2.81. The average molecular weight is 279 g/mol. The molecule has 0 amide bonds. The van der Waals surface area contributed by atoms with Crippen LogP contribution >= 0.6 is 22.6 Å². The van der Waals surface area contributed by atoms with E-state index in [2.05, 4.69) is 0 Å². The standard InChI is InChI=1S/C9H11FIN/c1-6(5-12)7-2-3-9(11)8(10)4-7/h2-4,6H,5,12H2,1H3. The summed E-state index contributed by atoms with van der Waals surface area (Å²) in [6.07, 6.45) is 0. The lowest BCUT2D eigenvalue weighted by Gasteiger charge is -2.08. The number of nitrogens with two attached hydrogens (primary N) is 1. The summed E-state index contributed by atoms with van der Waals surface area (Å²) >= 11 is 1.97. The monoisotopic (exact) mass is 279 g/mol. The average Bonchev–Trinajstić information content (AvgIpc) is 2.08. The van der Waals surface area contributed by atoms with Gasteiger partial charge in [-0.2, -0.15) is 0 Å². The molecule has 1 nitrogen and oxygen atoms in total. The Morgan fingerprint density at radius 1 is 1.58 bits per heavy atom. The molecule has 0 aliphatic rings. The molecule has 1 aromatic rings. The van der Waals surface area contributed by atoms with Crippen molar-refractivity contribution < 1.29 is 4.39 Å². The molecular formula is C9H11FIN. The van der Waals surface area contributed by atoms with Crippen molar-refractivity contribution in [1.29, 1.82) is 0 Å². The maximum absolute atomic E-state index is 13.0. The first-order chi connectivity index (χ1) is 5.65. The third-order valence-electron chi connectivity index (χ3n) is 1.87. The van der Waals surface area contributed by atoms with E-state index < -0.39 is 0 Å². The minimum Gasteiger partial charge on any atom is -0.330 e. The molecule has 0 bridgehead atoms. The van der Waals surface area contributed by atoms with Crippen LogP contribution in [0, 0.1) is 9.39 Å². The van der Waals surface area contributed by atoms with Crippen LogP contribution in [0.3, 0.4) is 0 Å². The van der Waals surface area contributed by atoms with E-state index in [4.69, 9.17) is 5.73 Å². The zero-order valence-corrected chi connectivity index (χ0v) is 9.01. The van der Waals surface area contributed by atoms with Crippen LogP contribution in [0.1, 0.15) is 18.4 Å². The Morgan fingerprint density at radius 2 is 2.25 bits per heavy atom. The summed E-state index contributed by atoms with van der Waals surface area (Å²) in [4.78, 5) is 0. The van der Waals surface area contributed by atoms with Gasteiger partial charge in [0.2, 0.25) is 0 Å². The SMILES string of the molecule is CC(CN)c1ccc(I)c(F)c1. The van der Waals surface area contributed by atoms with E-state index in [9.17, 15) is 4.39 Å². The minimum atomic E-state index is -0.159. The molecule has 0 saturated carbocycles. The minimum absolute atomic E-state index is 0.159. The molecule has 0 aliphatic carbocycles. The van der Waals surface area contributed by atoms with Crippen LogP contribution < -0.4 is 5.73 Å². The third-order valence-corrected chi connectivity index (χ3v) is 2.74. The Kier molecular flexibility index (Phi) is 3.46. The molecule has 1 unspecified atom stereocenters. The first-order valence-electron chi connectivity index (χ1n) is 3.80. The fraction of sp³-hybridized carbons (Fsp3) is 0.333. The predicted molar refractivity (Wildman–Crippen MR) is 56.6 cm³/mol. The van der Waals surface area contributed by atoms with Crippen molar-refractivity contribution in [2.45, 2.75) is 12.8 Å². The summed E-state index contributed by atoms with van der Waals surface area (Å²) in [7, 11) is 0. The van der Waals surface area contributed by atoms with E-state index in [0.717, 1.165) is 5.56 Å². The lowest BCUT2D eigenvalue weighted by atomic mass is 10.0. The number of hydrogen-bond donors (Lipinski definition) is 1. The van der Waals surface area contributed by atoms with Crippen molar-refractivity contribution in [1.82, 2.24) is 0 Å². The Morgan fingerprint density at radius 3 is 2.75 bits per heavy atom. The largest absolute Gasteiger partial charge is 0.330 e. The number of benzene rings is 1. The van der Waals surface area contributed by atoms with Crippen LogP contribution in [0.25, 0.3) is 0 Å². The smallest absolute Gasteiger partial charge is 0.136 e. The van der Waals surface area contributed by atoms with Crippen molar-refractivity contribution >= 4 is 22.6 Å². The maximum Gasteiger partial charge on any atom is 0.136 e. The highest BCUT2D eigenvalue weighted by atomic mass is 127. The van der Waals surface area contributed by atoms with Crippen molar-refractivity contribution in [2.75, 3.05) is 6.54 Å². The molecule has 66 valence electrons. The fourth-order valence-electron chi connectivity index (χ4n) is 0.955. The zero-order valence-electron chi connectivity index (χ0n) is 6.85. The Bertz CT molecular complexity index is 275. The third kappa shape index (κ3) is 2.17. The highest BCUT2D eigenvalue weighted by molar-refractivity contribution is 14.1. The lowest BCUT2D eigenvalue weighted by molar-refractivity contribution is 0.614. The van der Waals surface area contributed by atoms with Gasteiger partial charge in [0.15, 0.2) is 0 Å². The van der Waals surface area contributed by atoms with Crippen LogP contribution in [-0.4, -0.2) is 6.54 Å². The predicted octanol–water partition coefficient (Wildman–Crippen LogP) is 2.49. The molecule has 0 fully saturated rings. The van der Waals surface area contributed by atoms with Crippen molar-refractivity contribution in [3.05, 3.63) is 33.1 Å². The second kappa shape index (κ2) is 4.18. The Labute approximate surface area is 85.3 Å². The molecule has 0 spiro atoms. The van der Waals surface area contributed by atoms with Crippen LogP contribution in [0.5, 0.6) is 0 Å². The van der Waals surface area contributed by atoms with E-state index in [1.165, 1.54) is 0 Å². The normalized spacial score (nSPS) is 13.0. The van der Waals surface area contributed by atoms with Gasteiger partial charge >= 0.3 is 0 Å². The van der Waals surface area contributed by atoms with Crippen molar-refractivity contribution in [3.8, 4) is 0 Å². The fourth-order valence-corrected chi connectivity index (χ4v) is 1.29. The van der Waals surface area contributed by atoms with Gasteiger partial charge in [0.1, 0.15) is 5.82 Å². The van der Waals surface area contributed by atoms with Gasteiger partial charge in [0.25, 0.3) is 0 Å². The van der Waals surface area contributed by atoms with E-state index in [-0.39, 0.29) is 11.7 Å². The summed E-state index contributed by atoms with van der Waals surface area (Å²) in [6.45, 7) is 2.54. The summed E-state index contributed by atoms with van der Waals surface area (Å²) < 4.78 is 13.7. The molecule has 0 heterocycles. The Balaban J connectivity index is 2.96. The molecule has 0 saturated heterocycles. The van der Waals surface area contributed by atoms with Crippen LogP contribution in [0.2, 0.25) is 0 Å². The first-order valence-corrected chi connectivity index (χ1v) is 4.88. The van der Waals surface area contributed by atoms with Gasteiger partial charge in [-0.25, -0.2) is 4.39 Å². The van der Waals surface area contributed by atoms with E-state index >= 15 is 0 Å². The number of rotatable bonds is 2. The van der Waals surface area contributed by atoms with E-state index in [1.807, 2.05) is 35.6 Å². The van der Waals surface area contributed by atoms with Gasteiger partial charge in [-0.1, -0.05) is 13.0 Å². The molecule has 1 aromatic carbocycles. The van der Waals surface area contributed by atoms with Crippen LogP contribution in [-0.2, 0) is 0 Å². The van der Waals surface area contributed by atoms with E-state index in [0.29, 0.717) is 10.1 Å². The molecule has 3 heteroatoms. The Hall–Kier alpha value is -0.160. The number of hydrogen-bond acceptors (Lipinski definition) is 1. The maximum atomic E-state index is 13.0. The van der Waals surface area contributed by atoms with Gasteiger partial charge < -0.3 is 5.73 Å². The topological polar surface area (TPSA) is 26.0 Å². The molecule has 0 radical (unpaired) electrons. The van der Waals surface area contributed by atoms with Gasteiger partial charge in [-0.15, -0.1) is 0 Å². The molecule has 0 aliphatic heterocycles. The van der Waals surface area contributed by atoms with E-state index in [1.54, 1.807) is 12.1 Å². The van der Waals surface area contributed by atoms with Gasteiger partial charge in [-0.3, -0.25) is 0 Å². The molecule has 1 rings (SSSR count). The highest BCUT2D eigenvalue weighted by Gasteiger charge is 2.05. The lowest BCUT2D eigenvalue weighted by Crippen LogP contribution is -2.09. The van der Waals surface area contributed by atoms with Crippen molar-refractivity contribution in [2.24, 2.45) is 5.73 Å². The quantitative estimate of drug-likeness (QED) is 0.827. The van der Waals surface area contributed by atoms with Crippen LogP contribution in [0.15, 0.2) is 18.2 Å². The molecule has 12 heavy (non-hydrogen) atoms. The first kappa shape index (κ1) is 9.92. The van der Waals surface area contributed by atoms with Crippen LogP contribution in [0.4, 0.5) is 4.39 Å². The summed E-state index contributed by atoms with van der Waals surface area (Å²) in [5, 5.41) is 0.